The molecule has 0 aliphatic heterocycles. The molecule has 5 rings (SSSR count). The lowest BCUT2D eigenvalue weighted by atomic mass is 9.80. The molecule has 2 fully saturated rings. The van der Waals surface area contributed by atoms with Crippen LogP contribution in [0.4, 0.5) is 5.13 Å². The fraction of sp³-hybridized carbons (Fsp3) is 0.423. The van der Waals surface area contributed by atoms with Crippen LogP contribution in [0.5, 0.6) is 0 Å². The van der Waals surface area contributed by atoms with E-state index < -0.39 is 15.4 Å². The van der Waals surface area contributed by atoms with Gasteiger partial charge in [0.15, 0.2) is 5.13 Å². The molecule has 0 bridgehead atoms. The third kappa shape index (κ3) is 5.34. The first-order chi connectivity index (χ1) is 17.4. The summed E-state index contributed by atoms with van der Waals surface area (Å²) in [6.07, 6.45) is 10.2. The van der Waals surface area contributed by atoms with Gasteiger partial charge in [0.25, 0.3) is 0 Å². The number of aromatic nitrogens is 2. The molecule has 0 saturated heterocycles. The Morgan fingerprint density at radius 2 is 1.94 bits per heavy atom. The highest BCUT2D eigenvalue weighted by Crippen LogP contribution is 2.61. The summed E-state index contributed by atoms with van der Waals surface area (Å²) < 4.78 is 29.4. The zero-order chi connectivity index (χ0) is 25.2. The van der Waals surface area contributed by atoms with E-state index in [1.54, 1.807) is 24.4 Å². The van der Waals surface area contributed by atoms with Crippen molar-refractivity contribution < 1.29 is 13.2 Å². The number of benzene rings is 1. The van der Waals surface area contributed by atoms with Crippen LogP contribution in [0.3, 0.4) is 0 Å². The van der Waals surface area contributed by atoms with Crippen LogP contribution in [-0.4, -0.2) is 30.8 Å². The van der Waals surface area contributed by atoms with Crippen molar-refractivity contribution in [2.75, 3.05) is 11.9 Å². The Morgan fingerprint density at radius 3 is 2.67 bits per heavy atom. The maximum Gasteiger partial charge on any atom is 0.240 e. The Hall–Kier alpha value is -2.33. The van der Waals surface area contributed by atoms with Gasteiger partial charge in [0.1, 0.15) is 4.34 Å². The van der Waals surface area contributed by atoms with Gasteiger partial charge in [-0.15, -0.1) is 0 Å². The van der Waals surface area contributed by atoms with E-state index in [0.717, 1.165) is 24.1 Å². The first kappa shape index (κ1) is 25.3. The second-order valence-corrected chi connectivity index (χ2v) is 13.0. The van der Waals surface area contributed by atoms with E-state index in [1.165, 1.54) is 36.8 Å². The lowest BCUT2D eigenvalue weighted by molar-refractivity contribution is -0.119. The van der Waals surface area contributed by atoms with Crippen LogP contribution in [0.15, 0.2) is 59.8 Å². The maximum atomic E-state index is 13.7. The smallest absolute Gasteiger partial charge is 0.240 e. The molecule has 2 atom stereocenters. The number of thiazole rings is 1. The first-order valence-corrected chi connectivity index (χ1v) is 15.0. The van der Waals surface area contributed by atoms with Gasteiger partial charge in [-0.3, -0.25) is 9.78 Å². The van der Waals surface area contributed by atoms with Gasteiger partial charge < -0.3 is 5.32 Å². The molecule has 0 unspecified atom stereocenters. The van der Waals surface area contributed by atoms with Crippen molar-refractivity contribution >= 4 is 44.0 Å². The van der Waals surface area contributed by atoms with Crippen LogP contribution in [-0.2, 0) is 26.7 Å². The molecule has 1 amide bonds. The minimum absolute atomic E-state index is 0.137. The summed E-state index contributed by atoms with van der Waals surface area (Å²) in [6.45, 7) is 0.241. The third-order valence-electron chi connectivity index (χ3n) is 7.40. The number of hydrogen-bond donors (Lipinski definition) is 2. The Balaban J connectivity index is 1.38. The lowest BCUT2D eigenvalue weighted by Crippen LogP contribution is -2.32. The standard InChI is InChI=1S/C26H29ClN4O3S2/c27-23-17-29-25(35-23)31-24(32)26(16-22(26)18-7-2-1-3-8-18)19-9-6-11-21(15-19)36(33,34)30-14-12-20-10-4-5-13-28-20/h4-6,9-11,13,15,17-18,22,30H,1-3,7-8,12,14,16H2,(H,29,31,32)/t22-,26-/m0/s1. The molecule has 2 heterocycles. The van der Waals surface area contributed by atoms with Gasteiger partial charge >= 0.3 is 0 Å². The molecule has 0 spiro atoms. The predicted octanol–water partition coefficient (Wildman–Crippen LogP) is 5.19. The molecule has 2 aliphatic carbocycles. The van der Waals surface area contributed by atoms with Crippen molar-refractivity contribution in [3.8, 4) is 0 Å². The van der Waals surface area contributed by atoms with E-state index in [1.807, 2.05) is 24.3 Å². The number of nitrogens with one attached hydrogen (secondary N) is 2. The minimum Gasteiger partial charge on any atom is -0.301 e. The van der Waals surface area contributed by atoms with Crippen molar-refractivity contribution in [2.45, 2.75) is 55.3 Å². The number of anilines is 1. The zero-order valence-electron chi connectivity index (χ0n) is 19.8. The lowest BCUT2D eigenvalue weighted by Gasteiger charge is -2.26. The van der Waals surface area contributed by atoms with Crippen molar-refractivity contribution in [3.63, 3.8) is 0 Å². The molecule has 190 valence electrons. The molecule has 1 aromatic carbocycles. The summed E-state index contributed by atoms with van der Waals surface area (Å²) in [5.74, 6) is 0.506. The number of carbonyl (C=O) groups excluding carboxylic acids is 1. The number of rotatable bonds is 9. The highest BCUT2D eigenvalue weighted by molar-refractivity contribution is 7.89. The molecule has 2 aromatic heterocycles. The van der Waals surface area contributed by atoms with Gasteiger partial charge in [0.05, 0.1) is 16.5 Å². The van der Waals surface area contributed by atoms with Crippen LogP contribution < -0.4 is 10.0 Å². The van der Waals surface area contributed by atoms with Gasteiger partial charge in [0, 0.05) is 24.9 Å². The van der Waals surface area contributed by atoms with Crippen molar-refractivity contribution in [1.29, 1.82) is 0 Å². The van der Waals surface area contributed by atoms with Gasteiger partial charge in [-0.05, 0) is 48.1 Å². The third-order valence-corrected chi connectivity index (χ3v) is 9.88. The topological polar surface area (TPSA) is 101 Å². The number of amides is 1. The molecule has 3 aromatic rings. The molecule has 0 radical (unpaired) electrons. The van der Waals surface area contributed by atoms with Crippen LogP contribution >= 0.6 is 22.9 Å². The second-order valence-electron chi connectivity index (χ2n) is 9.60. The number of nitrogens with zero attached hydrogens (tertiary/aromatic N) is 2. The van der Waals surface area contributed by atoms with Crippen LogP contribution in [0.25, 0.3) is 0 Å². The van der Waals surface area contributed by atoms with E-state index in [4.69, 9.17) is 11.6 Å². The maximum absolute atomic E-state index is 13.7. The van der Waals surface area contributed by atoms with Crippen molar-refractivity contribution in [1.82, 2.24) is 14.7 Å². The summed E-state index contributed by atoms with van der Waals surface area (Å²) in [7, 11) is -3.75. The van der Waals surface area contributed by atoms with E-state index in [2.05, 4.69) is 20.0 Å². The van der Waals surface area contributed by atoms with Crippen LogP contribution in [0.2, 0.25) is 4.34 Å². The Bertz CT molecular complexity index is 1330. The average molecular weight is 545 g/mol. The molecule has 2 N–H and O–H groups in total. The molecule has 2 saturated carbocycles. The number of hydrogen-bond acceptors (Lipinski definition) is 6. The normalized spacial score (nSPS) is 22.3. The largest absolute Gasteiger partial charge is 0.301 e. The zero-order valence-corrected chi connectivity index (χ0v) is 22.2. The molecule has 36 heavy (non-hydrogen) atoms. The molecular formula is C26H29ClN4O3S2. The summed E-state index contributed by atoms with van der Waals surface area (Å²) in [6, 6.07) is 12.4. The van der Waals surface area contributed by atoms with E-state index in [9.17, 15) is 13.2 Å². The number of sulfonamides is 1. The average Bonchev–Trinajstić information content (AvgIpc) is 3.54. The quantitative estimate of drug-likeness (QED) is 0.386. The van der Waals surface area contributed by atoms with Gasteiger partial charge in [-0.2, -0.15) is 0 Å². The van der Waals surface area contributed by atoms with Crippen LogP contribution in [0.1, 0.15) is 49.8 Å². The van der Waals surface area contributed by atoms with Crippen molar-refractivity contribution in [2.24, 2.45) is 11.8 Å². The van der Waals surface area contributed by atoms with Gasteiger partial charge in [0.2, 0.25) is 15.9 Å². The SMILES string of the molecule is O=C(Nc1ncc(Cl)s1)[C@]1(c2cccc(S(=O)(=O)NCCc3ccccn3)c2)C[C@H]1C1CCCCC1. The highest BCUT2D eigenvalue weighted by Gasteiger charge is 2.63. The first-order valence-electron chi connectivity index (χ1n) is 12.3. The number of halogens is 1. The summed E-state index contributed by atoms with van der Waals surface area (Å²) >= 11 is 7.24. The highest BCUT2D eigenvalue weighted by atomic mass is 35.5. The Labute approximate surface area is 220 Å². The molecule has 2 aliphatic rings. The van der Waals surface area contributed by atoms with Gasteiger partial charge in [-0.1, -0.05) is 73.2 Å². The number of pyridine rings is 1. The fourth-order valence-corrected chi connectivity index (χ4v) is 7.41. The summed E-state index contributed by atoms with van der Waals surface area (Å²) in [4.78, 5) is 22.3. The molecular weight excluding hydrogens is 516 g/mol. The molecule has 10 heteroatoms. The summed E-state index contributed by atoms with van der Waals surface area (Å²) in [5, 5.41) is 3.41. The van der Waals surface area contributed by atoms with Crippen LogP contribution in [0, 0.1) is 11.8 Å². The van der Waals surface area contributed by atoms with E-state index >= 15 is 0 Å². The van der Waals surface area contributed by atoms with Gasteiger partial charge in [-0.25, -0.2) is 18.1 Å². The molecule has 7 nitrogen and oxygen atoms in total. The Morgan fingerprint density at radius 1 is 1.11 bits per heavy atom. The second kappa shape index (κ2) is 10.6. The summed E-state index contributed by atoms with van der Waals surface area (Å²) in [5.41, 5.74) is 0.797. The predicted molar refractivity (Wildman–Crippen MR) is 142 cm³/mol. The number of carbonyl (C=O) groups is 1. The Kier molecular flexibility index (Phi) is 7.44. The fourth-order valence-electron chi connectivity index (χ4n) is 5.52. The van der Waals surface area contributed by atoms with Crippen molar-refractivity contribution in [3.05, 3.63) is 70.5 Å². The minimum atomic E-state index is -3.75. The monoisotopic (exact) mass is 544 g/mol. The van der Waals surface area contributed by atoms with E-state index in [0.29, 0.717) is 28.2 Å². The van der Waals surface area contributed by atoms with E-state index in [-0.39, 0.29) is 23.3 Å².